The fourth-order valence-electron chi connectivity index (χ4n) is 7.18. The van der Waals surface area contributed by atoms with Crippen LogP contribution in [0.3, 0.4) is 0 Å². The van der Waals surface area contributed by atoms with Gasteiger partial charge in [-0.25, -0.2) is 0 Å². The Balaban J connectivity index is 1.01. The highest BCUT2D eigenvalue weighted by molar-refractivity contribution is 6.13. The second-order valence-corrected chi connectivity index (χ2v) is 12.7. The van der Waals surface area contributed by atoms with Gasteiger partial charge in [-0.05, 0) is 98.8 Å². The van der Waals surface area contributed by atoms with E-state index in [1.54, 1.807) is 0 Å². The molecule has 0 unspecified atom stereocenters. The number of benzene rings is 8. The summed E-state index contributed by atoms with van der Waals surface area (Å²) in [5, 5.41) is 5.15. The molecule has 9 rings (SSSR count). The topological polar surface area (TPSA) is 8.17 Å². The van der Waals surface area contributed by atoms with Gasteiger partial charge in [0.2, 0.25) is 0 Å². The second kappa shape index (κ2) is 12.0. The Morgan fingerprint density at radius 3 is 1.33 bits per heavy atom. The van der Waals surface area contributed by atoms with E-state index in [4.69, 9.17) is 0 Å². The summed E-state index contributed by atoms with van der Waals surface area (Å²) in [4.78, 5) is 2.31. The molecular formula is C47H34N2. The minimum absolute atomic E-state index is 1.12. The van der Waals surface area contributed by atoms with Gasteiger partial charge < -0.3 is 9.47 Å². The van der Waals surface area contributed by atoms with Gasteiger partial charge in [0.1, 0.15) is 0 Å². The van der Waals surface area contributed by atoms with Crippen molar-refractivity contribution in [2.45, 2.75) is 0 Å². The molecule has 0 bridgehead atoms. The van der Waals surface area contributed by atoms with Crippen molar-refractivity contribution in [1.29, 1.82) is 0 Å². The number of anilines is 3. The molecule has 0 radical (unpaired) electrons. The fraction of sp³-hybridized carbons (Fsp3) is 0.0213. The highest BCUT2D eigenvalue weighted by Gasteiger charge is 2.14. The van der Waals surface area contributed by atoms with Crippen molar-refractivity contribution >= 4 is 49.6 Å². The van der Waals surface area contributed by atoms with E-state index in [0.29, 0.717) is 0 Å². The molecule has 2 heteroatoms. The predicted molar refractivity (Wildman–Crippen MR) is 209 cm³/mol. The molecule has 0 spiro atoms. The highest BCUT2D eigenvalue weighted by atomic mass is 15.1. The summed E-state index contributed by atoms with van der Waals surface area (Å²) in [6, 6.07) is 67.9. The maximum absolute atomic E-state index is 2.33. The van der Waals surface area contributed by atoms with E-state index in [0.717, 1.165) is 17.1 Å². The minimum atomic E-state index is 1.12. The molecule has 0 amide bonds. The smallest absolute Gasteiger partial charge is 0.0495 e. The number of aryl methyl sites for hydroxylation is 1. The molecule has 0 N–H and O–H groups in total. The van der Waals surface area contributed by atoms with E-state index in [2.05, 4.69) is 205 Å². The van der Waals surface area contributed by atoms with Gasteiger partial charge >= 0.3 is 0 Å². The van der Waals surface area contributed by atoms with Crippen molar-refractivity contribution < 1.29 is 0 Å². The van der Waals surface area contributed by atoms with E-state index in [9.17, 15) is 0 Å². The number of fused-ring (bicyclic) bond motifs is 4. The third-order valence-electron chi connectivity index (χ3n) is 9.80. The lowest BCUT2D eigenvalue weighted by molar-refractivity contribution is 1.02. The van der Waals surface area contributed by atoms with Crippen LogP contribution in [-0.2, 0) is 7.05 Å². The van der Waals surface area contributed by atoms with E-state index in [-0.39, 0.29) is 0 Å². The highest BCUT2D eigenvalue weighted by Crippen LogP contribution is 2.38. The maximum Gasteiger partial charge on any atom is 0.0495 e. The summed E-state index contributed by atoms with van der Waals surface area (Å²) in [5.41, 5.74) is 13.1. The first kappa shape index (κ1) is 28.8. The Kier molecular flexibility index (Phi) is 7.06. The van der Waals surface area contributed by atoms with Crippen molar-refractivity contribution in [2.24, 2.45) is 7.05 Å². The molecule has 8 aromatic carbocycles. The second-order valence-electron chi connectivity index (χ2n) is 12.7. The van der Waals surface area contributed by atoms with Crippen LogP contribution in [0, 0.1) is 0 Å². The molecule has 1 aromatic heterocycles. The van der Waals surface area contributed by atoms with Crippen LogP contribution in [0.5, 0.6) is 0 Å². The molecule has 49 heavy (non-hydrogen) atoms. The molecule has 0 aliphatic heterocycles. The summed E-state index contributed by atoms with van der Waals surface area (Å²) < 4.78 is 2.33. The number of aromatic nitrogens is 1. The van der Waals surface area contributed by atoms with Crippen LogP contribution in [0.1, 0.15) is 0 Å². The van der Waals surface area contributed by atoms with Crippen molar-refractivity contribution in [1.82, 2.24) is 4.57 Å². The molecule has 0 saturated heterocycles. The molecule has 232 valence electrons. The standard InChI is InChI=1S/C47H34N2/c1-48-46-32-40(24-29-44(46)45-30-38-12-8-9-13-39(38)31-47(45)48)37-18-16-34(17-19-37)36-22-27-43(28-23-36)49(41-14-6-3-7-15-41)42-25-20-35(21-26-42)33-10-4-2-5-11-33/h2-32H,1H3. The van der Waals surface area contributed by atoms with Gasteiger partial charge in [0.15, 0.2) is 0 Å². The summed E-state index contributed by atoms with van der Waals surface area (Å²) in [5.74, 6) is 0. The number of rotatable bonds is 6. The van der Waals surface area contributed by atoms with Crippen LogP contribution in [0.15, 0.2) is 188 Å². The largest absolute Gasteiger partial charge is 0.344 e. The Morgan fingerprint density at radius 2 is 0.735 bits per heavy atom. The Bertz CT molecular complexity index is 2560. The first-order chi connectivity index (χ1) is 24.2. The molecule has 0 aliphatic rings. The van der Waals surface area contributed by atoms with E-state index in [1.165, 1.54) is 66.0 Å². The van der Waals surface area contributed by atoms with Crippen molar-refractivity contribution in [3.05, 3.63) is 188 Å². The van der Waals surface area contributed by atoms with Crippen molar-refractivity contribution in [3.8, 4) is 33.4 Å². The van der Waals surface area contributed by atoms with Gasteiger partial charge in [0.25, 0.3) is 0 Å². The summed E-state index contributed by atoms with van der Waals surface area (Å²) in [7, 11) is 2.18. The zero-order chi connectivity index (χ0) is 32.7. The summed E-state index contributed by atoms with van der Waals surface area (Å²) in [6.45, 7) is 0. The molecule has 0 fully saturated rings. The average Bonchev–Trinajstić information content (AvgIpc) is 3.45. The van der Waals surface area contributed by atoms with Crippen molar-refractivity contribution in [2.75, 3.05) is 4.90 Å². The lowest BCUT2D eigenvalue weighted by Crippen LogP contribution is -2.09. The zero-order valence-electron chi connectivity index (χ0n) is 27.3. The van der Waals surface area contributed by atoms with Crippen LogP contribution in [-0.4, -0.2) is 4.57 Å². The molecular weight excluding hydrogens is 593 g/mol. The molecule has 1 heterocycles. The van der Waals surface area contributed by atoms with E-state index < -0.39 is 0 Å². The van der Waals surface area contributed by atoms with Crippen LogP contribution in [0.25, 0.3) is 66.0 Å². The van der Waals surface area contributed by atoms with E-state index in [1.807, 2.05) is 0 Å². The SMILES string of the molecule is Cn1c2cc(-c3ccc(-c4ccc(N(c5ccccc5)c5ccc(-c6ccccc6)cc5)cc4)cc3)ccc2c2cc3ccccc3cc21. The number of nitrogens with zero attached hydrogens (tertiary/aromatic N) is 2. The molecule has 0 saturated carbocycles. The average molecular weight is 627 g/mol. The Morgan fingerprint density at radius 1 is 0.327 bits per heavy atom. The number of para-hydroxylation sites is 1. The molecule has 9 aromatic rings. The van der Waals surface area contributed by atoms with Crippen LogP contribution >= 0.6 is 0 Å². The van der Waals surface area contributed by atoms with Crippen LogP contribution in [0.2, 0.25) is 0 Å². The molecule has 2 nitrogen and oxygen atoms in total. The number of hydrogen-bond donors (Lipinski definition) is 0. The monoisotopic (exact) mass is 626 g/mol. The van der Waals surface area contributed by atoms with Gasteiger partial charge in [0.05, 0.1) is 0 Å². The fourth-order valence-corrected chi connectivity index (χ4v) is 7.18. The van der Waals surface area contributed by atoms with Gasteiger partial charge in [-0.3, -0.25) is 0 Å². The van der Waals surface area contributed by atoms with Gasteiger partial charge in [-0.2, -0.15) is 0 Å². The lowest BCUT2D eigenvalue weighted by Gasteiger charge is -2.26. The summed E-state index contributed by atoms with van der Waals surface area (Å²) in [6.07, 6.45) is 0. The van der Waals surface area contributed by atoms with Gasteiger partial charge in [-0.1, -0.05) is 133 Å². The van der Waals surface area contributed by atoms with Gasteiger partial charge in [-0.15, -0.1) is 0 Å². The molecule has 0 aliphatic carbocycles. The zero-order valence-corrected chi connectivity index (χ0v) is 27.3. The Labute approximate surface area is 286 Å². The first-order valence-electron chi connectivity index (χ1n) is 16.8. The maximum atomic E-state index is 2.33. The normalized spacial score (nSPS) is 11.4. The quantitative estimate of drug-likeness (QED) is 0.178. The lowest BCUT2D eigenvalue weighted by atomic mass is 9.99. The third-order valence-corrected chi connectivity index (χ3v) is 9.80. The van der Waals surface area contributed by atoms with Crippen LogP contribution < -0.4 is 4.90 Å². The predicted octanol–water partition coefficient (Wildman–Crippen LogP) is 13.0. The number of hydrogen-bond acceptors (Lipinski definition) is 1. The van der Waals surface area contributed by atoms with Crippen LogP contribution in [0.4, 0.5) is 17.1 Å². The molecule has 0 atom stereocenters. The van der Waals surface area contributed by atoms with E-state index >= 15 is 0 Å². The Hall–Kier alpha value is -6.38. The minimum Gasteiger partial charge on any atom is -0.344 e. The van der Waals surface area contributed by atoms with Gasteiger partial charge in [0, 0.05) is 45.9 Å². The van der Waals surface area contributed by atoms with Crippen molar-refractivity contribution in [3.63, 3.8) is 0 Å². The first-order valence-corrected chi connectivity index (χ1v) is 16.8. The third kappa shape index (κ3) is 5.24. The summed E-state index contributed by atoms with van der Waals surface area (Å²) >= 11 is 0.